The number of aromatic nitrogens is 2. The lowest BCUT2D eigenvalue weighted by Gasteiger charge is -2.12. The molecule has 1 saturated heterocycles. The summed E-state index contributed by atoms with van der Waals surface area (Å²) in [5, 5.41) is 25.0. The zero-order valence-electron chi connectivity index (χ0n) is 15.6. The maximum absolute atomic E-state index is 9.83. The van der Waals surface area contributed by atoms with Crippen LogP contribution in [0.2, 0.25) is 0 Å². The van der Waals surface area contributed by atoms with Crippen LogP contribution >= 0.6 is 23.5 Å². The molecule has 148 valence electrons. The van der Waals surface area contributed by atoms with E-state index in [0.29, 0.717) is 4.58 Å². The minimum atomic E-state index is 0.240. The van der Waals surface area contributed by atoms with Crippen molar-refractivity contribution >= 4 is 47.0 Å². The van der Waals surface area contributed by atoms with Crippen LogP contribution in [0.25, 0.3) is 16.6 Å². The third-order valence-electron chi connectivity index (χ3n) is 3.63. The highest BCUT2D eigenvalue weighted by atomic mass is 32.2. The Balaban J connectivity index is 0.000000418. The largest absolute Gasteiger partial charge is 0.508 e. The number of phenols is 2. The average molecular weight is 419 g/mol. The molecule has 2 heterocycles. The van der Waals surface area contributed by atoms with Gasteiger partial charge >= 0.3 is 0 Å². The fourth-order valence-electron chi connectivity index (χ4n) is 2.63. The first-order valence-electron chi connectivity index (χ1n) is 8.59. The van der Waals surface area contributed by atoms with Crippen LogP contribution in [-0.2, 0) is 9.59 Å². The standard InChI is InChI=1S/C16H14N2O2S2.2C2H4O/c19-11-3-1-10(2-4-11)18-15(16-21-7-8-22-16)13-9-12(20)5-6-14(13)17-18;2*1-2-3/h1-6,9,16,19-20H,7-8H2;2*2H,1H3. The summed E-state index contributed by atoms with van der Waals surface area (Å²) in [7, 11) is 0. The van der Waals surface area contributed by atoms with E-state index >= 15 is 0 Å². The Morgan fingerprint density at radius 1 is 0.964 bits per heavy atom. The van der Waals surface area contributed by atoms with E-state index in [1.165, 1.54) is 13.8 Å². The highest BCUT2D eigenvalue weighted by Gasteiger charge is 2.26. The van der Waals surface area contributed by atoms with E-state index in [9.17, 15) is 10.2 Å². The smallest absolute Gasteiger partial charge is 0.116 e. The normalized spacial score (nSPS) is 13.2. The number of thioether (sulfide) groups is 2. The van der Waals surface area contributed by atoms with Crippen molar-refractivity contribution in [2.45, 2.75) is 18.4 Å². The van der Waals surface area contributed by atoms with Gasteiger partial charge in [-0.15, -0.1) is 23.5 Å². The third kappa shape index (κ3) is 5.30. The van der Waals surface area contributed by atoms with Crippen molar-refractivity contribution in [3.05, 3.63) is 48.2 Å². The Labute approximate surface area is 171 Å². The van der Waals surface area contributed by atoms with Crippen LogP contribution in [-0.4, -0.2) is 44.1 Å². The molecule has 2 N–H and O–H groups in total. The number of phenolic OH excluding ortho intramolecular Hbond substituents is 2. The molecule has 0 spiro atoms. The van der Waals surface area contributed by atoms with Gasteiger partial charge in [-0.25, -0.2) is 4.68 Å². The molecule has 0 amide bonds. The number of hydrogen-bond donors (Lipinski definition) is 2. The van der Waals surface area contributed by atoms with E-state index in [-0.39, 0.29) is 11.5 Å². The van der Waals surface area contributed by atoms with Crippen LogP contribution in [0.5, 0.6) is 11.5 Å². The Kier molecular flexibility index (Phi) is 8.41. The second-order valence-corrected chi connectivity index (χ2v) is 8.28. The van der Waals surface area contributed by atoms with Crippen molar-refractivity contribution in [2.75, 3.05) is 11.5 Å². The molecule has 2 aromatic carbocycles. The number of aldehydes is 2. The SMILES string of the molecule is CC=O.CC=O.Oc1ccc(-n2nc3ccc(O)cc3c2C2SCCS2)cc1. The van der Waals surface area contributed by atoms with Crippen molar-refractivity contribution < 1.29 is 19.8 Å². The van der Waals surface area contributed by atoms with E-state index in [0.717, 1.165) is 46.4 Å². The number of rotatable bonds is 2. The first-order chi connectivity index (χ1) is 13.5. The van der Waals surface area contributed by atoms with E-state index in [1.54, 1.807) is 24.3 Å². The van der Waals surface area contributed by atoms with E-state index in [2.05, 4.69) is 0 Å². The Bertz CT molecular complexity index is 914. The van der Waals surface area contributed by atoms with Gasteiger partial charge < -0.3 is 19.8 Å². The number of hydrogen-bond acceptors (Lipinski definition) is 7. The molecule has 4 rings (SSSR count). The van der Waals surface area contributed by atoms with Gasteiger partial charge in [-0.1, -0.05) is 0 Å². The van der Waals surface area contributed by atoms with E-state index < -0.39 is 0 Å². The van der Waals surface area contributed by atoms with Gasteiger partial charge in [0.05, 0.1) is 21.5 Å². The summed E-state index contributed by atoms with van der Waals surface area (Å²) >= 11 is 3.81. The number of carbonyl (C=O) groups is 2. The molecule has 8 heteroatoms. The van der Waals surface area contributed by atoms with Gasteiger partial charge in [-0.3, -0.25) is 0 Å². The molecule has 1 aliphatic rings. The van der Waals surface area contributed by atoms with Crippen molar-refractivity contribution in [2.24, 2.45) is 0 Å². The molecular weight excluding hydrogens is 396 g/mol. The number of nitrogens with zero attached hydrogens (tertiary/aromatic N) is 2. The minimum absolute atomic E-state index is 0.240. The van der Waals surface area contributed by atoms with Gasteiger partial charge in [-0.2, -0.15) is 5.10 Å². The lowest BCUT2D eigenvalue weighted by Crippen LogP contribution is -2.02. The maximum atomic E-state index is 9.83. The molecule has 0 unspecified atom stereocenters. The first kappa shape index (κ1) is 21.8. The van der Waals surface area contributed by atoms with Gasteiger partial charge in [0.15, 0.2) is 0 Å². The number of benzene rings is 2. The molecule has 6 nitrogen and oxygen atoms in total. The van der Waals surface area contributed by atoms with Crippen LogP contribution in [0.3, 0.4) is 0 Å². The van der Waals surface area contributed by atoms with Gasteiger partial charge in [0.1, 0.15) is 24.1 Å². The summed E-state index contributed by atoms with van der Waals surface area (Å²) in [4.78, 5) is 17.6. The lowest BCUT2D eigenvalue weighted by atomic mass is 10.2. The molecule has 0 radical (unpaired) electrons. The molecule has 0 atom stereocenters. The molecule has 3 aromatic rings. The maximum Gasteiger partial charge on any atom is 0.116 e. The number of aromatic hydroxyl groups is 2. The average Bonchev–Trinajstić information content (AvgIpc) is 3.30. The highest BCUT2D eigenvalue weighted by Crippen LogP contribution is 2.48. The van der Waals surface area contributed by atoms with Crippen molar-refractivity contribution in [1.82, 2.24) is 9.78 Å². The molecular formula is C20H22N2O4S2. The lowest BCUT2D eigenvalue weighted by molar-refractivity contribution is -0.106. The van der Waals surface area contributed by atoms with Crippen molar-refractivity contribution in [3.63, 3.8) is 0 Å². The molecule has 0 saturated carbocycles. The molecule has 28 heavy (non-hydrogen) atoms. The number of fused-ring (bicyclic) bond motifs is 1. The second kappa shape index (κ2) is 10.8. The quantitative estimate of drug-likeness (QED) is 0.599. The molecule has 1 fully saturated rings. The Morgan fingerprint density at radius 3 is 2.07 bits per heavy atom. The zero-order chi connectivity index (χ0) is 20.5. The summed E-state index contributed by atoms with van der Waals surface area (Å²) in [6, 6.07) is 12.3. The molecule has 1 aliphatic heterocycles. The monoisotopic (exact) mass is 418 g/mol. The second-order valence-electron chi connectivity index (χ2n) is 5.56. The third-order valence-corrected chi connectivity index (χ3v) is 6.64. The van der Waals surface area contributed by atoms with Gasteiger partial charge in [-0.05, 0) is 56.3 Å². The fourth-order valence-corrected chi connectivity index (χ4v) is 5.56. The van der Waals surface area contributed by atoms with Crippen LogP contribution in [0.15, 0.2) is 42.5 Å². The van der Waals surface area contributed by atoms with Gasteiger partial charge in [0, 0.05) is 16.9 Å². The Hall–Kier alpha value is -2.45. The van der Waals surface area contributed by atoms with E-state index in [1.807, 2.05) is 46.4 Å². The zero-order valence-corrected chi connectivity index (χ0v) is 17.2. The first-order valence-corrected chi connectivity index (χ1v) is 10.7. The predicted octanol–water partition coefficient (Wildman–Crippen LogP) is 4.33. The fraction of sp³-hybridized carbons (Fsp3) is 0.250. The summed E-state index contributed by atoms with van der Waals surface area (Å²) in [5.74, 6) is 2.74. The predicted molar refractivity (Wildman–Crippen MR) is 116 cm³/mol. The highest BCUT2D eigenvalue weighted by molar-refractivity contribution is 8.19. The molecule has 0 aliphatic carbocycles. The van der Waals surface area contributed by atoms with Crippen LogP contribution in [0.1, 0.15) is 24.1 Å². The minimum Gasteiger partial charge on any atom is -0.508 e. The van der Waals surface area contributed by atoms with Crippen LogP contribution in [0.4, 0.5) is 0 Å². The summed E-state index contributed by atoms with van der Waals surface area (Å²) < 4.78 is 2.24. The van der Waals surface area contributed by atoms with Gasteiger partial charge in [0.2, 0.25) is 0 Å². The number of carbonyl (C=O) groups excluding carboxylic acids is 2. The van der Waals surface area contributed by atoms with E-state index in [4.69, 9.17) is 14.7 Å². The molecule has 1 aromatic heterocycles. The summed E-state index contributed by atoms with van der Waals surface area (Å²) in [5.41, 5.74) is 2.88. The van der Waals surface area contributed by atoms with Crippen LogP contribution in [0, 0.1) is 0 Å². The van der Waals surface area contributed by atoms with Gasteiger partial charge in [0.25, 0.3) is 0 Å². The van der Waals surface area contributed by atoms with Crippen molar-refractivity contribution in [3.8, 4) is 17.2 Å². The van der Waals surface area contributed by atoms with Crippen LogP contribution < -0.4 is 0 Å². The van der Waals surface area contributed by atoms with Crippen molar-refractivity contribution in [1.29, 1.82) is 0 Å². The summed E-state index contributed by atoms with van der Waals surface area (Å²) in [6.07, 6.45) is 1.50. The Morgan fingerprint density at radius 2 is 1.50 bits per heavy atom. The topological polar surface area (TPSA) is 92.4 Å². The molecule has 0 bridgehead atoms. The summed E-state index contributed by atoms with van der Waals surface area (Å²) in [6.45, 7) is 2.89.